The van der Waals surface area contributed by atoms with E-state index in [2.05, 4.69) is 25.7 Å². The number of H-pyrrole nitrogens is 1. The standard InChI is InChI=1S/C21H22N6O3/c1-21(2,3)27-17-15(12-23-27)18(28)26-20(25-17)22-11-13-6-4-7-14(10-13)24-19(29)16-8-5-9-30-16/h4-10,12H,11H2,1-3H3,(H,24,29)(H2,22,25,26,28). The average molecular weight is 406 g/mol. The predicted molar refractivity (Wildman–Crippen MR) is 114 cm³/mol. The Labute approximate surface area is 172 Å². The first-order valence-corrected chi connectivity index (χ1v) is 9.47. The van der Waals surface area contributed by atoms with E-state index in [0.29, 0.717) is 29.2 Å². The molecule has 3 heterocycles. The monoisotopic (exact) mass is 406 g/mol. The van der Waals surface area contributed by atoms with Crippen molar-refractivity contribution in [3.63, 3.8) is 0 Å². The number of rotatable bonds is 5. The largest absolute Gasteiger partial charge is 0.459 e. The molecular weight excluding hydrogens is 384 g/mol. The highest BCUT2D eigenvalue weighted by Gasteiger charge is 2.19. The lowest BCUT2D eigenvalue weighted by Crippen LogP contribution is -2.24. The Morgan fingerprint density at radius 1 is 1.23 bits per heavy atom. The van der Waals surface area contributed by atoms with Gasteiger partial charge >= 0.3 is 0 Å². The number of aromatic nitrogens is 4. The Balaban J connectivity index is 1.51. The maximum atomic E-state index is 12.4. The van der Waals surface area contributed by atoms with Gasteiger partial charge in [0.1, 0.15) is 5.39 Å². The van der Waals surface area contributed by atoms with Crippen molar-refractivity contribution >= 4 is 28.6 Å². The molecule has 0 atom stereocenters. The van der Waals surface area contributed by atoms with Crippen molar-refractivity contribution in [2.75, 3.05) is 10.6 Å². The molecule has 0 radical (unpaired) electrons. The lowest BCUT2D eigenvalue weighted by molar-refractivity contribution is 0.0996. The first-order chi connectivity index (χ1) is 14.3. The normalized spacial score (nSPS) is 11.6. The van der Waals surface area contributed by atoms with Crippen LogP contribution in [0.25, 0.3) is 11.0 Å². The van der Waals surface area contributed by atoms with Crippen LogP contribution in [-0.2, 0) is 12.1 Å². The van der Waals surface area contributed by atoms with Gasteiger partial charge in [-0.05, 0) is 50.6 Å². The summed E-state index contributed by atoms with van der Waals surface area (Å²) in [6.45, 7) is 6.40. The van der Waals surface area contributed by atoms with E-state index >= 15 is 0 Å². The Kier molecular flexibility index (Phi) is 4.86. The third kappa shape index (κ3) is 3.95. The van der Waals surface area contributed by atoms with Crippen LogP contribution in [0.15, 0.2) is 58.1 Å². The highest BCUT2D eigenvalue weighted by atomic mass is 16.3. The molecule has 0 aliphatic carbocycles. The minimum Gasteiger partial charge on any atom is -0.459 e. The summed E-state index contributed by atoms with van der Waals surface area (Å²) in [5.74, 6) is 0.268. The number of carbonyl (C=O) groups is 1. The summed E-state index contributed by atoms with van der Waals surface area (Å²) in [5.41, 5.74) is 1.50. The molecule has 0 fully saturated rings. The van der Waals surface area contributed by atoms with Crippen LogP contribution in [-0.4, -0.2) is 25.7 Å². The molecule has 0 spiro atoms. The van der Waals surface area contributed by atoms with Crippen LogP contribution in [0.4, 0.5) is 11.6 Å². The van der Waals surface area contributed by atoms with Crippen LogP contribution >= 0.6 is 0 Å². The van der Waals surface area contributed by atoms with Gasteiger partial charge in [-0.25, -0.2) is 4.68 Å². The van der Waals surface area contributed by atoms with E-state index in [1.165, 1.54) is 12.5 Å². The second-order valence-corrected chi connectivity index (χ2v) is 7.86. The summed E-state index contributed by atoms with van der Waals surface area (Å²) >= 11 is 0. The molecule has 0 saturated carbocycles. The number of furan rings is 1. The van der Waals surface area contributed by atoms with Gasteiger partial charge in [-0.1, -0.05) is 12.1 Å². The Hall–Kier alpha value is -3.88. The quantitative estimate of drug-likeness (QED) is 0.468. The Morgan fingerprint density at radius 3 is 2.80 bits per heavy atom. The SMILES string of the molecule is CC(C)(C)n1ncc2c(=O)[nH]c(NCc3cccc(NC(=O)c4ccco4)c3)nc21. The molecule has 0 unspecified atom stereocenters. The summed E-state index contributed by atoms with van der Waals surface area (Å²) in [5, 5.41) is 10.7. The Bertz CT molecular complexity index is 1250. The van der Waals surface area contributed by atoms with Crippen molar-refractivity contribution in [2.45, 2.75) is 32.9 Å². The molecule has 1 aromatic carbocycles. The van der Waals surface area contributed by atoms with Gasteiger partial charge in [0.25, 0.3) is 11.5 Å². The third-order valence-electron chi connectivity index (χ3n) is 4.46. The van der Waals surface area contributed by atoms with Crippen LogP contribution < -0.4 is 16.2 Å². The lowest BCUT2D eigenvalue weighted by Gasteiger charge is -2.19. The fraction of sp³-hybridized carbons (Fsp3) is 0.238. The average Bonchev–Trinajstić information content (AvgIpc) is 3.36. The van der Waals surface area contributed by atoms with Gasteiger partial charge < -0.3 is 15.1 Å². The number of aromatic amines is 1. The molecule has 1 amide bonds. The molecule has 0 saturated heterocycles. The zero-order valence-corrected chi connectivity index (χ0v) is 16.9. The maximum absolute atomic E-state index is 12.4. The van der Waals surface area contributed by atoms with Crippen LogP contribution in [0.2, 0.25) is 0 Å². The molecule has 3 aromatic heterocycles. The van der Waals surface area contributed by atoms with E-state index in [4.69, 9.17) is 4.42 Å². The number of fused-ring (bicyclic) bond motifs is 1. The minimum absolute atomic E-state index is 0.240. The van der Waals surface area contributed by atoms with Gasteiger partial charge in [-0.2, -0.15) is 10.1 Å². The molecule has 0 aliphatic heterocycles. The van der Waals surface area contributed by atoms with Gasteiger partial charge in [-0.15, -0.1) is 0 Å². The lowest BCUT2D eigenvalue weighted by atomic mass is 10.1. The Morgan fingerprint density at radius 2 is 2.07 bits per heavy atom. The topological polar surface area (TPSA) is 118 Å². The van der Waals surface area contributed by atoms with E-state index in [1.807, 2.05) is 39.0 Å². The fourth-order valence-electron chi connectivity index (χ4n) is 3.04. The summed E-state index contributed by atoms with van der Waals surface area (Å²) in [6.07, 6.45) is 2.98. The minimum atomic E-state index is -0.322. The number of nitrogens with zero attached hydrogens (tertiary/aromatic N) is 3. The van der Waals surface area contributed by atoms with E-state index in [-0.39, 0.29) is 22.8 Å². The van der Waals surface area contributed by atoms with E-state index < -0.39 is 0 Å². The number of anilines is 2. The van der Waals surface area contributed by atoms with E-state index in [0.717, 1.165) is 5.56 Å². The van der Waals surface area contributed by atoms with Crippen molar-refractivity contribution in [1.29, 1.82) is 0 Å². The first-order valence-electron chi connectivity index (χ1n) is 9.47. The summed E-state index contributed by atoms with van der Waals surface area (Å²) in [6, 6.07) is 10.6. The summed E-state index contributed by atoms with van der Waals surface area (Å²) in [7, 11) is 0. The zero-order chi connectivity index (χ0) is 21.3. The van der Waals surface area contributed by atoms with Gasteiger partial charge in [0.2, 0.25) is 5.95 Å². The van der Waals surface area contributed by atoms with Gasteiger partial charge in [0.15, 0.2) is 11.4 Å². The highest BCUT2D eigenvalue weighted by Crippen LogP contribution is 2.19. The number of hydrogen-bond donors (Lipinski definition) is 3. The molecule has 0 aliphatic rings. The molecule has 4 rings (SSSR count). The molecule has 3 N–H and O–H groups in total. The summed E-state index contributed by atoms with van der Waals surface area (Å²) in [4.78, 5) is 31.8. The smallest absolute Gasteiger partial charge is 0.291 e. The number of nitrogens with one attached hydrogen (secondary N) is 3. The van der Waals surface area contributed by atoms with Gasteiger partial charge in [0.05, 0.1) is 18.0 Å². The van der Waals surface area contributed by atoms with Crippen molar-refractivity contribution in [1.82, 2.24) is 19.7 Å². The number of benzene rings is 1. The number of hydrogen-bond acceptors (Lipinski definition) is 6. The molecule has 0 bridgehead atoms. The molecule has 4 aromatic rings. The number of carbonyl (C=O) groups excluding carboxylic acids is 1. The molecule has 9 heteroatoms. The maximum Gasteiger partial charge on any atom is 0.291 e. The van der Waals surface area contributed by atoms with Gasteiger partial charge in [0, 0.05) is 12.2 Å². The van der Waals surface area contributed by atoms with Crippen LogP contribution in [0.1, 0.15) is 36.9 Å². The van der Waals surface area contributed by atoms with Crippen molar-refractivity contribution in [3.8, 4) is 0 Å². The molecule has 30 heavy (non-hydrogen) atoms. The second-order valence-electron chi connectivity index (χ2n) is 7.86. The van der Waals surface area contributed by atoms with Crippen LogP contribution in [0.5, 0.6) is 0 Å². The molecular formula is C21H22N6O3. The van der Waals surface area contributed by atoms with E-state index in [9.17, 15) is 9.59 Å². The molecule has 154 valence electrons. The second kappa shape index (κ2) is 7.51. The molecule has 9 nitrogen and oxygen atoms in total. The highest BCUT2D eigenvalue weighted by molar-refractivity contribution is 6.02. The third-order valence-corrected chi connectivity index (χ3v) is 4.46. The van der Waals surface area contributed by atoms with Crippen molar-refractivity contribution in [2.24, 2.45) is 0 Å². The van der Waals surface area contributed by atoms with Crippen LogP contribution in [0, 0.1) is 0 Å². The van der Waals surface area contributed by atoms with Crippen molar-refractivity contribution < 1.29 is 9.21 Å². The fourth-order valence-corrected chi connectivity index (χ4v) is 3.04. The van der Waals surface area contributed by atoms with Crippen molar-refractivity contribution in [3.05, 3.63) is 70.5 Å². The summed E-state index contributed by atoms with van der Waals surface area (Å²) < 4.78 is 6.83. The number of amides is 1. The van der Waals surface area contributed by atoms with E-state index in [1.54, 1.807) is 22.9 Å². The predicted octanol–water partition coefficient (Wildman–Crippen LogP) is 3.33. The first kappa shape index (κ1) is 19.4. The van der Waals surface area contributed by atoms with Gasteiger partial charge in [-0.3, -0.25) is 14.6 Å². The van der Waals surface area contributed by atoms with Crippen LogP contribution in [0.3, 0.4) is 0 Å². The zero-order valence-electron chi connectivity index (χ0n) is 16.9.